The molecule has 0 fully saturated rings. The molecular weight excluding hydrogens is 252 g/mol. The summed E-state index contributed by atoms with van der Waals surface area (Å²) in [5.74, 6) is 1.93. The number of aromatic nitrogens is 1. The third-order valence-electron chi connectivity index (χ3n) is 4.38. The van der Waals surface area contributed by atoms with Crippen LogP contribution in [0.1, 0.15) is 5.56 Å². The third kappa shape index (κ3) is 1.42. The highest BCUT2D eigenvalue weighted by Crippen LogP contribution is 2.34. The predicted molar refractivity (Wildman–Crippen MR) is 76.0 cm³/mol. The van der Waals surface area contributed by atoms with Crippen LogP contribution in [0.2, 0.25) is 0 Å². The lowest BCUT2D eigenvalue weighted by Crippen LogP contribution is -3.09. The van der Waals surface area contributed by atoms with Gasteiger partial charge in [-0.25, -0.2) is 0 Å². The van der Waals surface area contributed by atoms with Crippen LogP contribution in [-0.4, -0.2) is 27.3 Å². The maximum Gasteiger partial charge on any atom is 0.278 e. The monoisotopic (exact) mass is 270 g/mol. The van der Waals surface area contributed by atoms with Crippen molar-refractivity contribution < 1.29 is 18.9 Å². The van der Waals surface area contributed by atoms with Crippen LogP contribution >= 0.6 is 0 Å². The molecule has 4 heteroatoms. The molecule has 1 aromatic heterocycles. The van der Waals surface area contributed by atoms with Gasteiger partial charge in [-0.3, -0.25) is 4.90 Å². The number of hydrogen-bond donors (Lipinski definition) is 1. The van der Waals surface area contributed by atoms with Gasteiger partial charge in [-0.2, -0.15) is 4.57 Å². The fourth-order valence-corrected chi connectivity index (χ4v) is 3.44. The van der Waals surface area contributed by atoms with Gasteiger partial charge in [0, 0.05) is 12.1 Å². The van der Waals surface area contributed by atoms with E-state index < -0.39 is 0 Å². The summed E-state index contributed by atoms with van der Waals surface area (Å²) in [5.41, 5.74) is 3.85. The van der Waals surface area contributed by atoms with Gasteiger partial charge in [0.2, 0.25) is 5.69 Å². The molecule has 1 unspecified atom stereocenters. The van der Waals surface area contributed by atoms with E-state index in [0.29, 0.717) is 0 Å². The molecule has 0 amide bonds. The first-order chi connectivity index (χ1) is 9.83. The Bertz CT molecular complexity index is 737. The van der Waals surface area contributed by atoms with Crippen LogP contribution in [0, 0.1) is 0 Å². The molecule has 102 valence electrons. The molecule has 2 aliphatic rings. The molecule has 4 rings (SSSR count). The van der Waals surface area contributed by atoms with E-state index in [-0.39, 0.29) is 0 Å². The molecule has 2 aromatic rings. The lowest BCUT2D eigenvalue weighted by molar-refractivity contribution is -0.869. The maximum absolute atomic E-state index is 5.54. The molecule has 1 atom stereocenters. The van der Waals surface area contributed by atoms with Gasteiger partial charge < -0.3 is 9.47 Å². The van der Waals surface area contributed by atoms with Gasteiger partial charge >= 0.3 is 0 Å². The number of pyridine rings is 1. The average Bonchev–Trinajstić information content (AvgIpc) is 2.52. The Kier molecular flexibility index (Phi) is 2.47. The smallest absolute Gasteiger partial charge is 0.278 e. The molecule has 1 aromatic carbocycles. The summed E-state index contributed by atoms with van der Waals surface area (Å²) in [6.07, 6.45) is 4.32. The fourth-order valence-electron chi connectivity index (χ4n) is 3.44. The van der Waals surface area contributed by atoms with E-state index in [1.54, 1.807) is 14.2 Å². The van der Waals surface area contributed by atoms with Crippen LogP contribution in [0.15, 0.2) is 30.5 Å². The minimum absolute atomic E-state index is 0.939. The minimum atomic E-state index is 0.939. The van der Waals surface area contributed by atoms with Crippen molar-refractivity contribution in [1.82, 2.24) is 0 Å². The first kappa shape index (κ1) is 11.7. The number of rotatable bonds is 2. The summed E-state index contributed by atoms with van der Waals surface area (Å²) in [6.45, 7) is 3.15. The van der Waals surface area contributed by atoms with Gasteiger partial charge in [0.05, 0.1) is 25.2 Å². The van der Waals surface area contributed by atoms with E-state index in [0.717, 1.165) is 31.1 Å². The quantitative estimate of drug-likeness (QED) is 0.812. The molecule has 3 heterocycles. The summed E-state index contributed by atoms with van der Waals surface area (Å²) >= 11 is 0. The summed E-state index contributed by atoms with van der Waals surface area (Å²) in [4.78, 5) is 1.51. The lowest BCUT2D eigenvalue weighted by atomic mass is 10.00. The molecule has 4 nitrogen and oxygen atoms in total. The average molecular weight is 270 g/mol. The van der Waals surface area contributed by atoms with Crippen molar-refractivity contribution in [2.24, 2.45) is 0 Å². The number of nitrogens with one attached hydrogen (secondary N) is 1. The topological polar surface area (TPSA) is 26.8 Å². The van der Waals surface area contributed by atoms with Crippen LogP contribution in [0.4, 0.5) is 5.69 Å². The molecule has 0 bridgehead atoms. The molecule has 0 saturated heterocycles. The second kappa shape index (κ2) is 4.21. The van der Waals surface area contributed by atoms with Gasteiger partial charge in [0.1, 0.15) is 24.6 Å². The van der Waals surface area contributed by atoms with Crippen molar-refractivity contribution in [2.45, 2.75) is 6.54 Å². The highest BCUT2D eigenvalue weighted by Gasteiger charge is 2.36. The first-order valence-corrected chi connectivity index (χ1v) is 6.96. The minimum Gasteiger partial charge on any atom is -0.496 e. The van der Waals surface area contributed by atoms with Crippen LogP contribution < -0.4 is 14.2 Å². The first-order valence-electron chi connectivity index (χ1n) is 6.96. The molecule has 2 aliphatic heterocycles. The van der Waals surface area contributed by atoms with Gasteiger partial charge in [-0.1, -0.05) is 0 Å². The van der Waals surface area contributed by atoms with Crippen LogP contribution in [0.3, 0.4) is 0 Å². The van der Waals surface area contributed by atoms with Crippen molar-refractivity contribution in [3.05, 3.63) is 36.0 Å². The standard InChI is InChI=1S/C16H17N2O2/c1-19-13-5-7-17-9-10-18-8-6-14(20-2)12-4-3-11(13)15(17)16(12)18/h3-7H,8-10H2,1-2H3/q+1/p+1. The summed E-state index contributed by atoms with van der Waals surface area (Å²) in [5, 5.41) is 1.18. The van der Waals surface area contributed by atoms with Crippen molar-refractivity contribution in [3.8, 4) is 5.75 Å². The van der Waals surface area contributed by atoms with E-state index in [1.807, 2.05) is 0 Å². The second-order valence-electron chi connectivity index (χ2n) is 5.29. The molecule has 0 radical (unpaired) electrons. The van der Waals surface area contributed by atoms with Gasteiger partial charge in [0.25, 0.3) is 5.52 Å². The lowest BCUT2D eigenvalue weighted by Gasteiger charge is -2.27. The number of hydrogen-bond acceptors (Lipinski definition) is 2. The van der Waals surface area contributed by atoms with Gasteiger partial charge in [-0.15, -0.1) is 0 Å². The molecule has 0 spiro atoms. The molecule has 0 aliphatic carbocycles. The van der Waals surface area contributed by atoms with Crippen molar-refractivity contribution >= 4 is 22.3 Å². The molecule has 0 saturated carbocycles. The van der Waals surface area contributed by atoms with Crippen LogP contribution in [0.5, 0.6) is 5.75 Å². The summed E-state index contributed by atoms with van der Waals surface area (Å²) < 4.78 is 13.4. The normalized spacial score (nSPS) is 19.7. The van der Waals surface area contributed by atoms with Crippen LogP contribution in [-0.2, 0) is 11.3 Å². The number of methoxy groups -OCH3 is 2. The zero-order chi connectivity index (χ0) is 13.7. The highest BCUT2D eigenvalue weighted by atomic mass is 16.5. The highest BCUT2D eigenvalue weighted by molar-refractivity contribution is 5.94. The summed E-state index contributed by atoms with van der Waals surface area (Å²) in [6, 6.07) is 6.35. The van der Waals surface area contributed by atoms with Crippen molar-refractivity contribution in [2.75, 3.05) is 27.3 Å². The number of quaternary nitrogens is 1. The van der Waals surface area contributed by atoms with E-state index in [2.05, 4.69) is 35.0 Å². The Morgan fingerprint density at radius 1 is 1.15 bits per heavy atom. The van der Waals surface area contributed by atoms with Crippen LogP contribution in [0.25, 0.3) is 16.7 Å². The Morgan fingerprint density at radius 3 is 2.85 bits per heavy atom. The Labute approximate surface area is 117 Å². The van der Waals surface area contributed by atoms with E-state index >= 15 is 0 Å². The number of ether oxygens (including phenoxy) is 2. The summed E-state index contributed by atoms with van der Waals surface area (Å²) in [7, 11) is 3.48. The van der Waals surface area contributed by atoms with E-state index in [4.69, 9.17) is 9.47 Å². The Morgan fingerprint density at radius 2 is 2.05 bits per heavy atom. The van der Waals surface area contributed by atoms with E-state index in [1.165, 1.54) is 27.1 Å². The maximum atomic E-state index is 5.54. The Balaban J connectivity index is 2.12. The Hall–Kier alpha value is -2.07. The van der Waals surface area contributed by atoms with Crippen molar-refractivity contribution in [1.29, 1.82) is 0 Å². The van der Waals surface area contributed by atoms with Gasteiger partial charge in [0.15, 0.2) is 12.7 Å². The molecule has 1 N–H and O–H groups in total. The molecule has 20 heavy (non-hydrogen) atoms. The second-order valence-corrected chi connectivity index (χ2v) is 5.29. The number of benzene rings is 1. The van der Waals surface area contributed by atoms with E-state index in [9.17, 15) is 0 Å². The zero-order valence-electron chi connectivity index (χ0n) is 11.8. The largest absolute Gasteiger partial charge is 0.496 e. The zero-order valence-corrected chi connectivity index (χ0v) is 11.8. The fraction of sp³-hybridized carbons (Fsp3) is 0.312. The predicted octanol–water partition coefficient (Wildman–Crippen LogP) is 0.667. The van der Waals surface area contributed by atoms with Crippen molar-refractivity contribution in [3.63, 3.8) is 0 Å². The third-order valence-corrected chi connectivity index (χ3v) is 4.38. The number of nitrogens with zero attached hydrogens (tertiary/aromatic N) is 1. The molecular formula is C16H18N2O2+2. The SMILES string of the molecule is COC1=CC[NH+]2CC[n+]3ccc(OC)c4ccc1c2c43. The van der Waals surface area contributed by atoms with Gasteiger partial charge in [-0.05, 0) is 12.1 Å².